The molecule has 1 fully saturated rings. The van der Waals surface area contributed by atoms with Crippen LogP contribution in [0.15, 0.2) is 0 Å². The molecule has 0 aromatic carbocycles. The summed E-state index contributed by atoms with van der Waals surface area (Å²) < 4.78 is 0. The zero-order valence-corrected chi connectivity index (χ0v) is 9.63. The third-order valence-corrected chi connectivity index (χ3v) is 3.68. The Hall–Kier alpha value is -0.570. The van der Waals surface area contributed by atoms with Crippen molar-refractivity contribution in [1.82, 2.24) is 4.90 Å². The molecule has 1 rings (SSSR count). The molecule has 0 saturated heterocycles. The average molecular weight is 199 g/mol. The molecule has 0 amide bonds. The molecule has 82 valence electrons. The van der Waals surface area contributed by atoms with Crippen LogP contribution in [0.25, 0.3) is 0 Å². The van der Waals surface area contributed by atoms with Crippen molar-refractivity contribution in [3.8, 4) is 0 Å². The number of rotatable bonds is 2. The molecule has 1 aliphatic rings. The van der Waals surface area contributed by atoms with Crippen molar-refractivity contribution in [1.29, 1.82) is 0 Å². The van der Waals surface area contributed by atoms with E-state index >= 15 is 0 Å². The minimum Gasteiger partial charge on any atom is -0.480 e. The van der Waals surface area contributed by atoms with Gasteiger partial charge in [0.2, 0.25) is 0 Å². The molecule has 0 aromatic heterocycles. The summed E-state index contributed by atoms with van der Waals surface area (Å²) in [6, 6.07) is 0. The van der Waals surface area contributed by atoms with Crippen LogP contribution in [0.4, 0.5) is 0 Å². The predicted octanol–water partition coefficient (Wildman–Crippen LogP) is 1.97. The predicted molar refractivity (Wildman–Crippen MR) is 56.3 cm³/mol. The van der Waals surface area contributed by atoms with Crippen molar-refractivity contribution >= 4 is 5.97 Å². The molecule has 1 N–H and O–H groups in total. The highest BCUT2D eigenvalue weighted by molar-refractivity contribution is 5.78. The van der Waals surface area contributed by atoms with Gasteiger partial charge in [0, 0.05) is 0 Å². The van der Waals surface area contributed by atoms with Gasteiger partial charge < -0.3 is 5.11 Å². The van der Waals surface area contributed by atoms with Crippen LogP contribution in [0.1, 0.15) is 39.5 Å². The number of carboxylic acid groups (broad SMARTS) is 1. The second-order valence-electron chi connectivity index (χ2n) is 5.40. The Bertz CT molecular complexity index is 223. The van der Waals surface area contributed by atoms with E-state index in [4.69, 9.17) is 0 Å². The Morgan fingerprint density at radius 2 is 1.57 bits per heavy atom. The van der Waals surface area contributed by atoms with Gasteiger partial charge in [0.1, 0.15) is 5.54 Å². The lowest BCUT2D eigenvalue weighted by Gasteiger charge is -2.44. The van der Waals surface area contributed by atoms with Crippen molar-refractivity contribution < 1.29 is 9.90 Å². The second-order valence-corrected chi connectivity index (χ2v) is 5.40. The highest BCUT2D eigenvalue weighted by Crippen LogP contribution is 2.42. The lowest BCUT2D eigenvalue weighted by atomic mass is 9.69. The molecule has 1 aliphatic carbocycles. The molecule has 0 radical (unpaired) electrons. The summed E-state index contributed by atoms with van der Waals surface area (Å²) in [5.74, 6) is -0.669. The van der Waals surface area contributed by atoms with Gasteiger partial charge in [0.05, 0.1) is 0 Å². The van der Waals surface area contributed by atoms with Crippen LogP contribution in [-0.4, -0.2) is 35.6 Å². The molecule has 0 unspecified atom stereocenters. The molecule has 0 heterocycles. The maximum absolute atomic E-state index is 11.3. The van der Waals surface area contributed by atoms with E-state index in [1.54, 1.807) is 0 Å². The zero-order valence-electron chi connectivity index (χ0n) is 9.63. The standard InChI is InChI=1S/C11H21NO2/c1-10(2)5-7-11(8-6-10,9(13)14)12(3)4/h5-8H2,1-4H3,(H,13,14). The fourth-order valence-corrected chi connectivity index (χ4v) is 2.19. The van der Waals surface area contributed by atoms with Gasteiger partial charge in [-0.15, -0.1) is 0 Å². The molecule has 1 saturated carbocycles. The molecule has 0 aromatic rings. The topological polar surface area (TPSA) is 40.5 Å². The Balaban J connectivity index is 2.80. The quantitative estimate of drug-likeness (QED) is 0.739. The zero-order chi connectivity index (χ0) is 11.0. The van der Waals surface area contributed by atoms with Gasteiger partial charge in [-0.2, -0.15) is 0 Å². The first-order valence-corrected chi connectivity index (χ1v) is 5.21. The van der Waals surface area contributed by atoms with Gasteiger partial charge in [-0.25, -0.2) is 0 Å². The number of carbonyl (C=O) groups is 1. The van der Waals surface area contributed by atoms with E-state index in [0.717, 1.165) is 25.7 Å². The summed E-state index contributed by atoms with van der Waals surface area (Å²) in [5.41, 5.74) is -0.301. The molecule has 0 aliphatic heterocycles. The van der Waals surface area contributed by atoms with Crippen LogP contribution in [-0.2, 0) is 4.79 Å². The monoisotopic (exact) mass is 199 g/mol. The number of aliphatic carboxylic acids is 1. The smallest absolute Gasteiger partial charge is 0.324 e. The largest absolute Gasteiger partial charge is 0.480 e. The van der Waals surface area contributed by atoms with Gasteiger partial charge in [-0.05, 0) is 45.2 Å². The Morgan fingerprint density at radius 3 is 1.86 bits per heavy atom. The van der Waals surface area contributed by atoms with E-state index in [1.807, 2.05) is 19.0 Å². The summed E-state index contributed by atoms with van der Waals surface area (Å²) in [4.78, 5) is 13.2. The first-order valence-electron chi connectivity index (χ1n) is 5.21. The fraction of sp³-hybridized carbons (Fsp3) is 0.909. The molecule has 14 heavy (non-hydrogen) atoms. The Labute approximate surface area is 86.1 Å². The highest BCUT2D eigenvalue weighted by Gasteiger charge is 2.45. The third-order valence-electron chi connectivity index (χ3n) is 3.68. The van der Waals surface area contributed by atoms with E-state index < -0.39 is 11.5 Å². The van der Waals surface area contributed by atoms with E-state index in [-0.39, 0.29) is 0 Å². The molecule has 3 nitrogen and oxygen atoms in total. The summed E-state index contributed by atoms with van der Waals surface area (Å²) in [5, 5.41) is 9.29. The van der Waals surface area contributed by atoms with Crippen LogP contribution in [0, 0.1) is 5.41 Å². The van der Waals surface area contributed by atoms with E-state index in [0.29, 0.717) is 5.41 Å². The van der Waals surface area contributed by atoms with Crippen molar-refractivity contribution in [2.24, 2.45) is 5.41 Å². The van der Waals surface area contributed by atoms with E-state index in [2.05, 4.69) is 13.8 Å². The molecule has 0 bridgehead atoms. The lowest BCUT2D eigenvalue weighted by Crippen LogP contribution is -2.54. The van der Waals surface area contributed by atoms with Gasteiger partial charge in [0.25, 0.3) is 0 Å². The SMILES string of the molecule is CN(C)C1(C(=O)O)CCC(C)(C)CC1. The van der Waals surface area contributed by atoms with Crippen molar-refractivity contribution in [2.45, 2.75) is 45.1 Å². The van der Waals surface area contributed by atoms with Gasteiger partial charge in [0.15, 0.2) is 0 Å². The van der Waals surface area contributed by atoms with E-state index in [9.17, 15) is 9.90 Å². The molecule has 0 spiro atoms. The minimum atomic E-state index is -0.669. The van der Waals surface area contributed by atoms with Crippen LogP contribution >= 0.6 is 0 Å². The maximum Gasteiger partial charge on any atom is 0.324 e. The van der Waals surface area contributed by atoms with Crippen molar-refractivity contribution in [2.75, 3.05) is 14.1 Å². The number of nitrogens with zero attached hydrogens (tertiary/aromatic N) is 1. The van der Waals surface area contributed by atoms with Crippen LogP contribution in [0.3, 0.4) is 0 Å². The lowest BCUT2D eigenvalue weighted by molar-refractivity contribution is -0.153. The third kappa shape index (κ3) is 1.92. The van der Waals surface area contributed by atoms with E-state index in [1.165, 1.54) is 0 Å². The highest BCUT2D eigenvalue weighted by atomic mass is 16.4. The average Bonchev–Trinajstić information content (AvgIpc) is 2.03. The first-order chi connectivity index (χ1) is 6.30. The summed E-state index contributed by atoms with van der Waals surface area (Å²) >= 11 is 0. The maximum atomic E-state index is 11.3. The van der Waals surface area contributed by atoms with Gasteiger partial charge in [-0.1, -0.05) is 13.8 Å². The molecular weight excluding hydrogens is 178 g/mol. The van der Waals surface area contributed by atoms with Crippen LogP contribution in [0.2, 0.25) is 0 Å². The second kappa shape index (κ2) is 3.54. The number of likely N-dealkylation sites (N-methyl/N-ethyl adjacent to an activating group) is 1. The van der Waals surface area contributed by atoms with Crippen LogP contribution < -0.4 is 0 Å². The first kappa shape index (κ1) is 11.5. The van der Waals surface area contributed by atoms with Crippen LogP contribution in [0.5, 0.6) is 0 Å². The Kier molecular flexibility index (Phi) is 2.91. The molecule has 3 heteroatoms. The summed E-state index contributed by atoms with van der Waals surface area (Å²) in [6.45, 7) is 4.43. The minimum absolute atomic E-state index is 0.314. The number of hydrogen-bond donors (Lipinski definition) is 1. The fourth-order valence-electron chi connectivity index (χ4n) is 2.19. The Morgan fingerprint density at radius 1 is 1.14 bits per heavy atom. The number of carboxylic acids is 1. The molecule has 0 atom stereocenters. The normalized spacial score (nSPS) is 24.9. The van der Waals surface area contributed by atoms with Crippen molar-refractivity contribution in [3.05, 3.63) is 0 Å². The molecular formula is C11H21NO2. The summed E-state index contributed by atoms with van der Waals surface area (Å²) in [7, 11) is 3.74. The van der Waals surface area contributed by atoms with Gasteiger partial charge in [-0.3, -0.25) is 9.69 Å². The van der Waals surface area contributed by atoms with Gasteiger partial charge >= 0.3 is 5.97 Å². The van der Waals surface area contributed by atoms with Crippen molar-refractivity contribution in [3.63, 3.8) is 0 Å². The summed E-state index contributed by atoms with van der Waals surface area (Å²) in [6.07, 6.45) is 3.53. The number of hydrogen-bond acceptors (Lipinski definition) is 2.